The lowest BCUT2D eigenvalue weighted by Gasteiger charge is -2.05. The monoisotopic (exact) mass is 224 g/mol. The predicted molar refractivity (Wildman–Crippen MR) is 54.4 cm³/mol. The van der Waals surface area contributed by atoms with E-state index in [9.17, 15) is 8.42 Å². The summed E-state index contributed by atoms with van der Waals surface area (Å²) in [5.41, 5.74) is 5.98. The average Bonchev–Trinajstić information content (AvgIpc) is 2.52. The van der Waals surface area contributed by atoms with Crippen molar-refractivity contribution in [1.29, 1.82) is 0 Å². The fourth-order valence-corrected chi connectivity index (χ4v) is 2.00. The Balaban J connectivity index is 0.00000144. The molecule has 0 unspecified atom stereocenters. The van der Waals surface area contributed by atoms with E-state index in [1.807, 2.05) is 0 Å². The summed E-state index contributed by atoms with van der Waals surface area (Å²) in [5.74, 6) is 0.0919. The fraction of sp³-hybridized carbons (Fsp3) is 0.429. The zero-order chi connectivity index (χ0) is 9.19. The van der Waals surface area contributed by atoms with Gasteiger partial charge in [-0.3, -0.25) is 0 Å². The molecule has 4 nitrogen and oxygen atoms in total. The van der Waals surface area contributed by atoms with Crippen molar-refractivity contribution in [2.24, 2.45) is 5.73 Å². The van der Waals surface area contributed by atoms with Crippen molar-refractivity contribution in [2.45, 2.75) is 13.5 Å². The molecule has 6 heteroatoms. The standard InChI is InChI=1S/C7H12N2O2S.ClH/c1-2-12(10,11)9-5-3-4-7(9)6-8;/h3-5H,2,6,8H2,1H3;1H. The van der Waals surface area contributed by atoms with E-state index in [1.165, 1.54) is 10.2 Å². The van der Waals surface area contributed by atoms with E-state index in [2.05, 4.69) is 0 Å². The summed E-state index contributed by atoms with van der Waals surface area (Å²) in [7, 11) is -3.16. The van der Waals surface area contributed by atoms with E-state index in [0.29, 0.717) is 5.69 Å². The van der Waals surface area contributed by atoms with Gasteiger partial charge in [0.05, 0.1) is 5.75 Å². The van der Waals surface area contributed by atoms with E-state index in [1.54, 1.807) is 19.1 Å². The van der Waals surface area contributed by atoms with Crippen molar-refractivity contribution in [1.82, 2.24) is 3.97 Å². The summed E-state index contributed by atoms with van der Waals surface area (Å²) in [6, 6.07) is 3.38. The van der Waals surface area contributed by atoms with Gasteiger partial charge in [0, 0.05) is 18.4 Å². The van der Waals surface area contributed by atoms with Gasteiger partial charge in [-0.2, -0.15) is 0 Å². The number of aromatic nitrogens is 1. The molecule has 1 aromatic heterocycles. The third-order valence-corrected chi connectivity index (χ3v) is 3.35. The number of hydrogen-bond acceptors (Lipinski definition) is 3. The first-order chi connectivity index (χ1) is 5.61. The Kier molecular flexibility index (Phi) is 4.46. The Labute approximate surface area is 84.2 Å². The van der Waals surface area contributed by atoms with Crippen molar-refractivity contribution in [3.8, 4) is 0 Å². The van der Waals surface area contributed by atoms with Gasteiger partial charge in [0.25, 0.3) is 0 Å². The molecule has 2 N–H and O–H groups in total. The van der Waals surface area contributed by atoms with Gasteiger partial charge in [-0.05, 0) is 19.1 Å². The van der Waals surface area contributed by atoms with Gasteiger partial charge in [0.2, 0.25) is 10.0 Å². The van der Waals surface area contributed by atoms with Crippen LogP contribution in [0.15, 0.2) is 18.3 Å². The van der Waals surface area contributed by atoms with E-state index in [-0.39, 0.29) is 24.7 Å². The molecule has 0 fully saturated rings. The number of hydrogen-bond donors (Lipinski definition) is 1. The Morgan fingerprint density at radius 3 is 2.62 bits per heavy atom. The minimum Gasteiger partial charge on any atom is -0.325 e. The van der Waals surface area contributed by atoms with Crippen LogP contribution in [0.4, 0.5) is 0 Å². The molecule has 0 saturated carbocycles. The molecule has 0 amide bonds. The molecule has 1 heterocycles. The van der Waals surface area contributed by atoms with Gasteiger partial charge in [-0.25, -0.2) is 12.4 Å². The Bertz CT molecular complexity index is 358. The molecule has 0 aromatic carbocycles. The smallest absolute Gasteiger partial charge is 0.238 e. The third kappa shape index (κ3) is 2.46. The van der Waals surface area contributed by atoms with Crippen LogP contribution < -0.4 is 5.73 Å². The van der Waals surface area contributed by atoms with Crippen molar-refractivity contribution >= 4 is 22.4 Å². The minimum absolute atomic E-state index is 0. The van der Waals surface area contributed by atoms with Crippen LogP contribution in [0.2, 0.25) is 0 Å². The molecule has 1 aromatic rings. The maximum atomic E-state index is 11.3. The first-order valence-corrected chi connectivity index (χ1v) is 5.32. The molecule has 13 heavy (non-hydrogen) atoms. The van der Waals surface area contributed by atoms with Gasteiger partial charge in [0.15, 0.2) is 0 Å². The summed E-state index contributed by atoms with van der Waals surface area (Å²) < 4.78 is 23.9. The molecular weight excluding hydrogens is 212 g/mol. The first-order valence-electron chi connectivity index (χ1n) is 3.71. The van der Waals surface area contributed by atoms with Crippen molar-refractivity contribution in [2.75, 3.05) is 5.75 Å². The van der Waals surface area contributed by atoms with Crippen molar-refractivity contribution < 1.29 is 8.42 Å². The number of halogens is 1. The third-order valence-electron chi connectivity index (χ3n) is 1.67. The van der Waals surface area contributed by atoms with Crippen molar-refractivity contribution in [3.63, 3.8) is 0 Å². The number of nitrogens with two attached hydrogens (primary N) is 1. The lowest BCUT2D eigenvalue weighted by Crippen LogP contribution is -2.17. The first kappa shape index (κ1) is 12.5. The molecule has 76 valence electrons. The van der Waals surface area contributed by atoms with Crippen LogP contribution in [0, 0.1) is 0 Å². The molecule has 0 saturated heterocycles. The molecule has 0 bridgehead atoms. The van der Waals surface area contributed by atoms with E-state index < -0.39 is 10.0 Å². The topological polar surface area (TPSA) is 65.1 Å². The van der Waals surface area contributed by atoms with Crippen molar-refractivity contribution in [3.05, 3.63) is 24.0 Å². The molecule has 0 aliphatic rings. The average molecular weight is 225 g/mol. The zero-order valence-electron chi connectivity index (χ0n) is 7.30. The number of nitrogens with zero attached hydrogens (tertiary/aromatic N) is 1. The quantitative estimate of drug-likeness (QED) is 0.816. The molecule has 0 spiro atoms. The molecular formula is C7H13ClN2O2S. The second-order valence-corrected chi connectivity index (χ2v) is 4.53. The molecule has 0 radical (unpaired) electrons. The summed E-state index contributed by atoms with van der Waals surface area (Å²) in [4.78, 5) is 0. The highest BCUT2D eigenvalue weighted by Crippen LogP contribution is 2.05. The normalized spacial score (nSPS) is 10.9. The molecule has 0 atom stereocenters. The van der Waals surface area contributed by atoms with Crippen LogP contribution in [0.3, 0.4) is 0 Å². The maximum absolute atomic E-state index is 11.3. The lowest BCUT2D eigenvalue weighted by molar-refractivity contribution is 0.586. The molecule has 1 rings (SSSR count). The van der Waals surface area contributed by atoms with E-state index in [4.69, 9.17) is 5.73 Å². The summed E-state index contributed by atoms with van der Waals surface area (Å²) in [5, 5.41) is 0. The minimum atomic E-state index is -3.16. The molecule has 0 aliphatic carbocycles. The highest BCUT2D eigenvalue weighted by Gasteiger charge is 2.11. The fourth-order valence-electron chi connectivity index (χ4n) is 0.970. The van der Waals surface area contributed by atoms with Crippen LogP contribution in [0.25, 0.3) is 0 Å². The second-order valence-electron chi connectivity index (χ2n) is 2.40. The summed E-state index contributed by atoms with van der Waals surface area (Å²) in [6.07, 6.45) is 1.51. The predicted octanol–water partition coefficient (Wildman–Crippen LogP) is 0.566. The highest BCUT2D eigenvalue weighted by atomic mass is 35.5. The Morgan fingerprint density at radius 2 is 2.15 bits per heavy atom. The Morgan fingerprint density at radius 1 is 1.54 bits per heavy atom. The zero-order valence-corrected chi connectivity index (χ0v) is 8.94. The molecule has 0 aliphatic heterocycles. The van der Waals surface area contributed by atoms with Crippen LogP contribution in [-0.4, -0.2) is 18.1 Å². The highest BCUT2D eigenvalue weighted by molar-refractivity contribution is 7.89. The van der Waals surface area contributed by atoms with Gasteiger partial charge in [-0.1, -0.05) is 0 Å². The summed E-state index contributed by atoms with van der Waals surface area (Å²) in [6.45, 7) is 1.85. The van der Waals surface area contributed by atoms with Gasteiger partial charge < -0.3 is 5.73 Å². The van der Waals surface area contributed by atoms with Crippen LogP contribution in [-0.2, 0) is 16.6 Å². The van der Waals surface area contributed by atoms with E-state index in [0.717, 1.165) is 0 Å². The van der Waals surface area contributed by atoms with Crippen LogP contribution in [0.1, 0.15) is 12.6 Å². The van der Waals surface area contributed by atoms with Crippen LogP contribution in [0.5, 0.6) is 0 Å². The SMILES string of the molecule is CCS(=O)(=O)n1cccc1CN.Cl. The van der Waals surface area contributed by atoms with E-state index >= 15 is 0 Å². The maximum Gasteiger partial charge on any atom is 0.238 e. The Hall–Kier alpha value is -0.520. The largest absolute Gasteiger partial charge is 0.325 e. The summed E-state index contributed by atoms with van der Waals surface area (Å²) >= 11 is 0. The van der Waals surface area contributed by atoms with Gasteiger partial charge >= 0.3 is 0 Å². The van der Waals surface area contributed by atoms with Gasteiger partial charge in [0.1, 0.15) is 0 Å². The second kappa shape index (κ2) is 4.64. The van der Waals surface area contributed by atoms with Gasteiger partial charge in [-0.15, -0.1) is 12.4 Å². The van der Waals surface area contributed by atoms with Crippen LogP contribution >= 0.6 is 12.4 Å². The number of rotatable bonds is 3. The lowest BCUT2D eigenvalue weighted by atomic mass is 10.4.